The van der Waals surface area contributed by atoms with Gasteiger partial charge in [0.25, 0.3) is 0 Å². The molecule has 0 aliphatic carbocycles. The van der Waals surface area contributed by atoms with Crippen LogP contribution in [0.2, 0.25) is 0 Å². The first-order valence-corrected chi connectivity index (χ1v) is 8.39. The van der Waals surface area contributed by atoms with Crippen LogP contribution in [0.4, 0.5) is 5.69 Å². The summed E-state index contributed by atoms with van der Waals surface area (Å²) in [4.78, 5) is 25.4. The van der Waals surface area contributed by atoms with Crippen LogP contribution in [-0.4, -0.2) is 24.2 Å². The molecular weight excluding hydrogens is 326 g/mol. The standard InChI is InChI=1S/C18H17NO4S/c1-11-16(20)19(14-5-3-4-13(10-14)18(21)22)17(24-11)12-6-8-15(23-2)9-7-12/h3-11,17H,1-2H3,(H,21,22)/p-1. The zero-order valence-electron chi connectivity index (χ0n) is 13.3. The molecule has 3 rings (SSSR count). The Morgan fingerprint density at radius 2 is 1.92 bits per heavy atom. The van der Waals surface area contributed by atoms with E-state index in [1.165, 1.54) is 23.9 Å². The van der Waals surface area contributed by atoms with Gasteiger partial charge in [0.05, 0.1) is 18.3 Å². The van der Waals surface area contributed by atoms with E-state index in [1.54, 1.807) is 24.1 Å². The van der Waals surface area contributed by atoms with E-state index in [9.17, 15) is 14.7 Å². The first kappa shape index (κ1) is 16.4. The van der Waals surface area contributed by atoms with Gasteiger partial charge in [-0.05, 0) is 42.3 Å². The first-order chi connectivity index (χ1) is 11.5. The number of carbonyl (C=O) groups excluding carboxylic acids is 2. The largest absolute Gasteiger partial charge is 0.545 e. The van der Waals surface area contributed by atoms with Gasteiger partial charge in [0.2, 0.25) is 5.91 Å². The van der Waals surface area contributed by atoms with Gasteiger partial charge in [-0.3, -0.25) is 9.69 Å². The summed E-state index contributed by atoms with van der Waals surface area (Å²) in [5.41, 5.74) is 1.56. The van der Waals surface area contributed by atoms with E-state index < -0.39 is 5.97 Å². The SMILES string of the molecule is COc1ccc(C2SC(C)C(=O)N2c2cccc(C(=O)[O-])c2)cc1. The van der Waals surface area contributed by atoms with Crippen LogP contribution in [-0.2, 0) is 4.79 Å². The molecule has 0 bridgehead atoms. The number of amides is 1. The van der Waals surface area contributed by atoms with Gasteiger partial charge >= 0.3 is 0 Å². The molecule has 2 unspecified atom stereocenters. The van der Waals surface area contributed by atoms with E-state index >= 15 is 0 Å². The summed E-state index contributed by atoms with van der Waals surface area (Å²) in [6.07, 6.45) is 0. The zero-order valence-corrected chi connectivity index (χ0v) is 14.1. The summed E-state index contributed by atoms with van der Waals surface area (Å²) < 4.78 is 5.17. The van der Waals surface area contributed by atoms with Crippen LogP contribution in [0.1, 0.15) is 28.2 Å². The summed E-state index contributed by atoms with van der Waals surface area (Å²) in [5, 5.41) is 10.7. The third-order valence-electron chi connectivity index (χ3n) is 3.91. The van der Waals surface area contributed by atoms with E-state index in [4.69, 9.17) is 4.74 Å². The number of benzene rings is 2. The lowest BCUT2D eigenvalue weighted by atomic mass is 10.1. The Morgan fingerprint density at radius 1 is 1.21 bits per heavy atom. The number of carboxylic acids is 1. The van der Waals surface area contributed by atoms with Crippen LogP contribution in [0.3, 0.4) is 0 Å². The van der Waals surface area contributed by atoms with Crippen LogP contribution in [0.5, 0.6) is 5.75 Å². The topological polar surface area (TPSA) is 69.7 Å². The molecule has 0 radical (unpaired) electrons. The average Bonchev–Trinajstić information content (AvgIpc) is 2.90. The highest BCUT2D eigenvalue weighted by atomic mass is 32.2. The molecule has 24 heavy (non-hydrogen) atoms. The summed E-state index contributed by atoms with van der Waals surface area (Å²) >= 11 is 1.53. The van der Waals surface area contributed by atoms with E-state index in [2.05, 4.69) is 0 Å². The van der Waals surface area contributed by atoms with Crippen molar-refractivity contribution >= 4 is 29.3 Å². The van der Waals surface area contributed by atoms with Crippen LogP contribution in [0, 0.1) is 0 Å². The number of ether oxygens (including phenoxy) is 1. The number of rotatable bonds is 4. The summed E-state index contributed by atoms with van der Waals surface area (Å²) in [6.45, 7) is 1.85. The number of hydrogen-bond donors (Lipinski definition) is 0. The average molecular weight is 342 g/mol. The van der Waals surface area contributed by atoms with Crippen molar-refractivity contribution < 1.29 is 19.4 Å². The fourth-order valence-electron chi connectivity index (χ4n) is 2.67. The number of hydrogen-bond acceptors (Lipinski definition) is 5. The first-order valence-electron chi connectivity index (χ1n) is 7.45. The molecule has 124 valence electrons. The Morgan fingerprint density at radius 3 is 2.54 bits per heavy atom. The molecule has 0 saturated carbocycles. The summed E-state index contributed by atoms with van der Waals surface area (Å²) in [6, 6.07) is 13.8. The van der Waals surface area contributed by atoms with Crippen molar-refractivity contribution in [2.75, 3.05) is 12.0 Å². The molecule has 1 heterocycles. The van der Waals surface area contributed by atoms with Gasteiger partial charge in [0, 0.05) is 5.69 Å². The van der Waals surface area contributed by atoms with Gasteiger partial charge in [-0.1, -0.05) is 24.3 Å². The second-order valence-corrected chi connectivity index (χ2v) is 6.88. The minimum Gasteiger partial charge on any atom is -0.545 e. The van der Waals surface area contributed by atoms with E-state index in [1.807, 2.05) is 31.2 Å². The quantitative estimate of drug-likeness (QED) is 0.852. The molecule has 1 aliphatic heterocycles. The van der Waals surface area contributed by atoms with Gasteiger partial charge in [-0.2, -0.15) is 0 Å². The molecule has 2 aromatic carbocycles. The maximum atomic E-state index is 12.6. The highest BCUT2D eigenvalue weighted by Gasteiger charge is 2.39. The van der Waals surface area contributed by atoms with Crippen LogP contribution in [0.15, 0.2) is 48.5 Å². The van der Waals surface area contributed by atoms with Crippen molar-refractivity contribution in [2.45, 2.75) is 17.5 Å². The lowest BCUT2D eigenvalue weighted by Crippen LogP contribution is -2.30. The Bertz CT molecular complexity index is 775. The fraction of sp³-hybridized carbons (Fsp3) is 0.222. The smallest absolute Gasteiger partial charge is 0.241 e. The molecule has 1 saturated heterocycles. The van der Waals surface area contributed by atoms with Gasteiger partial charge in [-0.15, -0.1) is 11.8 Å². The fourth-order valence-corrected chi connectivity index (χ4v) is 3.94. The molecule has 5 nitrogen and oxygen atoms in total. The van der Waals surface area contributed by atoms with E-state index in [0.29, 0.717) is 5.69 Å². The van der Waals surface area contributed by atoms with Crippen molar-refractivity contribution in [3.05, 3.63) is 59.7 Å². The number of carbonyl (C=O) groups is 2. The number of carboxylic acid groups (broad SMARTS) is 1. The molecule has 0 spiro atoms. The van der Waals surface area contributed by atoms with E-state index in [0.717, 1.165) is 11.3 Å². The van der Waals surface area contributed by atoms with Crippen molar-refractivity contribution in [3.8, 4) is 5.75 Å². The number of nitrogens with zero attached hydrogens (tertiary/aromatic N) is 1. The maximum Gasteiger partial charge on any atom is 0.241 e. The molecule has 2 aromatic rings. The number of anilines is 1. The monoisotopic (exact) mass is 342 g/mol. The Labute approximate surface area is 144 Å². The van der Waals surface area contributed by atoms with Crippen molar-refractivity contribution in [1.82, 2.24) is 0 Å². The Balaban J connectivity index is 2.00. The van der Waals surface area contributed by atoms with Gasteiger partial charge < -0.3 is 14.6 Å². The second kappa shape index (κ2) is 6.57. The summed E-state index contributed by atoms with van der Waals surface area (Å²) in [7, 11) is 1.60. The molecule has 1 aliphatic rings. The third-order valence-corrected chi connectivity index (χ3v) is 5.26. The zero-order chi connectivity index (χ0) is 17.3. The lowest BCUT2D eigenvalue weighted by Gasteiger charge is -2.25. The minimum absolute atomic E-state index is 0.0451. The Hall–Kier alpha value is -2.47. The number of aromatic carboxylic acids is 1. The highest BCUT2D eigenvalue weighted by molar-refractivity contribution is 8.01. The van der Waals surface area contributed by atoms with Crippen LogP contribution < -0.4 is 14.7 Å². The van der Waals surface area contributed by atoms with Crippen molar-refractivity contribution in [2.24, 2.45) is 0 Å². The molecule has 0 N–H and O–H groups in total. The highest BCUT2D eigenvalue weighted by Crippen LogP contribution is 2.45. The van der Waals surface area contributed by atoms with Crippen LogP contribution >= 0.6 is 11.8 Å². The Kier molecular flexibility index (Phi) is 4.49. The molecule has 1 amide bonds. The predicted molar refractivity (Wildman–Crippen MR) is 91.0 cm³/mol. The van der Waals surface area contributed by atoms with E-state index in [-0.39, 0.29) is 22.1 Å². The summed E-state index contributed by atoms with van der Waals surface area (Å²) in [5.74, 6) is -0.562. The van der Waals surface area contributed by atoms with Crippen molar-refractivity contribution in [1.29, 1.82) is 0 Å². The van der Waals surface area contributed by atoms with Crippen molar-refractivity contribution in [3.63, 3.8) is 0 Å². The van der Waals surface area contributed by atoms with Gasteiger partial charge in [0.15, 0.2) is 0 Å². The second-order valence-electron chi connectivity index (χ2n) is 5.45. The molecule has 0 aromatic heterocycles. The molecular formula is C18H16NO4S-. The minimum atomic E-state index is -1.26. The number of methoxy groups -OCH3 is 1. The van der Waals surface area contributed by atoms with Gasteiger partial charge in [0.1, 0.15) is 11.1 Å². The predicted octanol–water partition coefficient (Wildman–Crippen LogP) is 2.23. The van der Waals surface area contributed by atoms with Crippen LogP contribution in [0.25, 0.3) is 0 Å². The number of thioether (sulfide) groups is 1. The van der Waals surface area contributed by atoms with Gasteiger partial charge in [-0.25, -0.2) is 0 Å². The normalized spacial score (nSPS) is 20.2. The molecule has 1 fully saturated rings. The third kappa shape index (κ3) is 2.97. The maximum absolute atomic E-state index is 12.6. The lowest BCUT2D eigenvalue weighted by molar-refractivity contribution is -0.255. The molecule has 6 heteroatoms. The molecule has 2 atom stereocenters.